The van der Waals surface area contributed by atoms with Gasteiger partial charge in [-0.05, 0) is 44.8 Å². The van der Waals surface area contributed by atoms with Crippen LogP contribution in [0, 0.1) is 5.92 Å². The van der Waals surface area contributed by atoms with Crippen LogP contribution in [0.15, 0.2) is 18.2 Å². The van der Waals surface area contributed by atoms with Crippen molar-refractivity contribution < 1.29 is 4.74 Å². The molecule has 2 rings (SSSR count). The normalized spacial score (nSPS) is 16.9. The molecule has 0 radical (unpaired) electrons. The van der Waals surface area contributed by atoms with Crippen LogP contribution in [0.1, 0.15) is 19.3 Å². The molecule has 1 aromatic rings. The van der Waals surface area contributed by atoms with Crippen molar-refractivity contribution in [2.75, 3.05) is 38.7 Å². The molecule has 0 unspecified atom stereocenters. The summed E-state index contributed by atoms with van der Waals surface area (Å²) in [5.41, 5.74) is 0. The Balaban J connectivity index is 1.88. The third-order valence-electron chi connectivity index (χ3n) is 3.66. The number of piperidine rings is 1. The molecule has 0 aliphatic carbocycles. The molecule has 4 heteroatoms. The fourth-order valence-electron chi connectivity index (χ4n) is 2.49. The zero-order valence-electron chi connectivity index (χ0n) is 11.4. The van der Waals surface area contributed by atoms with Crippen molar-refractivity contribution in [2.45, 2.75) is 19.3 Å². The molecule has 0 atom stereocenters. The lowest BCUT2D eigenvalue weighted by Crippen LogP contribution is -2.35. The fourth-order valence-corrected chi connectivity index (χ4v) is 2.49. The predicted octanol–water partition coefficient (Wildman–Crippen LogP) is 1.92. The highest BCUT2D eigenvalue weighted by molar-refractivity contribution is 5.41. The molecule has 18 heavy (non-hydrogen) atoms. The number of pyridine rings is 1. The monoisotopic (exact) mass is 249 g/mol. The summed E-state index contributed by atoms with van der Waals surface area (Å²) in [6, 6.07) is 5.97. The molecule has 1 aromatic heterocycles. The molecular formula is C14H23N3O. The first-order valence-corrected chi connectivity index (χ1v) is 6.74. The highest BCUT2D eigenvalue weighted by Gasteiger charge is 2.19. The standard InChI is InChI=1S/C14H23N3O/c1-15-9-6-12-7-10-17(11-8-12)13-4-3-5-14(16-13)18-2/h3-5,12,15H,6-11H2,1-2H3. The maximum atomic E-state index is 5.17. The van der Waals surface area contributed by atoms with Crippen LogP contribution in [0.3, 0.4) is 0 Å². The average Bonchev–Trinajstić information content (AvgIpc) is 2.46. The van der Waals surface area contributed by atoms with E-state index in [-0.39, 0.29) is 0 Å². The number of methoxy groups -OCH3 is 1. The van der Waals surface area contributed by atoms with Gasteiger partial charge in [0.15, 0.2) is 0 Å². The van der Waals surface area contributed by atoms with Gasteiger partial charge in [0, 0.05) is 19.2 Å². The fraction of sp³-hybridized carbons (Fsp3) is 0.643. The summed E-state index contributed by atoms with van der Waals surface area (Å²) >= 11 is 0. The van der Waals surface area contributed by atoms with E-state index in [2.05, 4.69) is 21.3 Å². The van der Waals surface area contributed by atoms with Crippen molar-refractivity contribution in [3.8, 4) is 5.88 Å². The van der Waals surface area contributed by atoms with Gasteiger partial charge in [0.2, 0.25) is 5.88 Å². The molecule has 1 aliphatic rings. The van der Waals surface area contributed by atoms with Gasteiger partial charge in [-0.1, -0.05) is 6.07 Å². The molecule has 0 bridgehead atoms. The minimum absolute atomic E-state index is 0.699. The minimum atomic E-state index is 0.699. The Morgan fingerprint density at radius 2 is 2.17 bits per heavy atom. The lowest BCUT2D eigenvalue weighted by atomic mass is 9.93. The zero-order valence-corrected chi connectivity index (χ0v) is 11.4. The van der Waals surface area contributed by atoms with Crippen LogP contribution in [-0.2, 0) is 0 Å². The average molecular weight is 249 g/mol. The van der Waals surface area contributed by atoms with E-state index < -0.39 is 0 Å². The molecular weight excluding hydrogens is 226 g/mol. The molecule has 0 amide bonds. The summed E-state index contributed by atoms with van der Waals surface area (Å²) in [7, 11) is 3.69. The van der Waals surface area contributed by atoms with Crippen molar-refractivity contribution in [3.63, 3.8) is 0 Å². The Kier molecular flexibility index (Phi) is 4.81. The second-order valence-electron chi connectivity index (χ2n) is 4.86. The Labute approximate surface area is 109 Å². The second kappa shape index (κ2) is 6.59. The lowest BCUT2D eigenvalue weighted by Gasteiger charge is -2.32. The first-order valence-electron chi connectivity index (χ1n) is 6.74. The van der Waals surface area contributed by atoms with Gasteiger partial charge in [-0.25, -0.2) is 0 Å². The van der Waals surface area contributed by atoms with Gasteiger partial charge in [0.25, 0.3) is 0 Å². The molecule has 1 fully saturated rings. The summed E-state index contributed by atoms with van der Waals surface area (Å²) < 4.78 is 5.17. The molecule has 0 saturated carbocycles. The summed E-state index contributed by atoms with van der Waals surface area (Å²) in [4.78, 5) is 6.85. The first-order chi connectivity index (χ1) is 8.83. The van der Waals surface area contributed by atoms with Gasteiger partial charge in [0.1, 0.15) is 5.82 Å². The van der Waals surface area contributed by atoms with Gasteiger partial charge < -0.3 is 15.0 Å². The van der Waals surface area contributed by atoms with Crippen molar-refractivity contribution >= 4 is 5.82 Å². The third-order valence-corrected chi connectivity index (χ3v) is 3.66. The number of anilines is 1. The minimum Gasteiger partial charge on any atom is -0.481 e. The molecule has 0 aromatic carbocycles. The first kappa shape index (κ1) is 13.1. The Morgan fingerprint density at radius 1 is 1.39 bits per heavy atom. The van der Waals surface area contributed by atoms with E-state index in [1.165, 1.54) is 19.3 Å². The quantitative estimate of drug-likeness (QED) is 0.865. The van der Waals surface area contributed by atoms with Gasteiger partial charge in [-0.15, -0.1) is 0 Å². The largest absolute Gasteiger partial charge is 0.481 e. The number of aromatic nitrogens is 1. The predicted molar refractivity (Wildman–Crippen MR) is 74.3 cm³/mol. The molecule has 0 spiro atoms. The molecule has 1 saturated heterocycles. The van der Waals surface area contributed by atoms with E-state index in [1.807, 2.05) is 19.2 Å². The Morgan fingerprint density at radius 3 is 2.83 bits per heavy atom. The molecule has 100 valence electrons. The van der Waals surface area contributed by atoms with E-state index in [9.17, 15) is 0 Å². The van der Waals surface area contributed by atoms with Crippen LogP contribution >= 0.6 is 0 Å². The second-order valence-corrected chi connectivity index (χ2v) is 4.86. The van der Waals surface area contributed by atoms with Crippen molar-refractivity contribution in [1.82, 2.24) is 10.3 Å². The number of hydrogen-bond donors (Lipinski definition) is 1. The summed E-state index contributed by atoms with van der Waals surface area (Å²) in [5, 5.41) is 3.23. The highest BCUT2D eigenvalue weighted by Crippen LogP contribution is 2.24. The lowest BCUT2D eigenvalue weighted by molar-refractivity contribution is 0.373. The maximum Gasteiger partial charge on any atom is 0.214 e. The number of hydrogen-bond acceptors (Lipinski definition) is 4. The van der Waals surface area contributed by atoms with Gasteiger partial charge in [-0.2, -0.15) is 4.98 Å². The van der Waals surface area contributed by atoms with Crippen molar-refractivity contribution in [1.29, 1.82) is 0 Å². The van der Waals surface area contributed by atoms with Crippen molar-refractivity contribution in [2.24, 2.45) is 5.92 Å². The van der Waals surface area contributed by atoms with E-state index in [4.69, 9.17) is 4.74 Å². The van der Waals surface area contributed by atoms with Crippen LogP contribution in [0.2, 0.25) is 0 Å². The topological polar surface area (TPSA) is 37.4 Å². The third kappa shape index (κ3) is 3.35. The molecule has 1 aliphatic heterocycles. The van der Waals surface area contributed by atoms with E-state index in [0.29, 0.717) is 5.88 Å². The summed E-state index contributed by atoms with van der Waals surface area (Å²) in [6.07, 6.45) is 3.82. The molecule has 2 heterocycles. The van der Waals surface area contributed by atoms with Crippen LogP contribution in [-0.4, -0.2) is 38.8 Å². The zero-order chi connectivity index (χ0) is 12.8. The highest BCUT2D eigenvalue weighted by atomic mass is 16.5. The van der Waals surface area contributed by atoms with E-state index in [1.54, 1.807) is 7.11 Å². The van der Waals surface area contributed by atoms with Crippen LogP contribution in [0.4, 0.5) is 5.82 Å². The van der Waals surface area contributed by atoms with E-state index >= 15 is 0 Å². The number of nitrogens with zero attached hydrogens (tertiary/aromatic N) is 2. The van der Waals surface area contributed by atoms with Gasteiger partial charge >= 0.3 is 0 Å². The van der Waals surface area contributed by atoms with Crippen molar-refractivity contribution in [3.05, 3.63) is 18.2 Å². The van der Waals surface area contributed by atoms with Gasteiger partial charge in [-0.3, -0.25) is 0 Å². The van der Waals surface area contributed by atoms with Crippen LogP contribution < -0.4 is 15.0 Å². The molecule has 1 N–H and O–H groups in total. The smallest absolute Gasteiger partial charge is 0.214 e. The number of rotatable bonds is 5. The number of nitrogens with one attached hydrogen (secondary N) is 1. The van der Waals surface area contributed by atoms with Crippen LogP contribution in [0.25, 0.3) is 0 Å². The summed E-state index contributed by atoms with van der Waals surface area (Å²) in [5.74, 6) is 2.60. The Bertz CT molecular complexity index is 362. The summed E-state index contributed by atoms with van der Waals surface area (Å²) in [6.45, 7) is 3.34. The molecule has 4 nitrogen and oxygen atoms in total. The van der Waals surface area contributed by atoms with Gasteiger partial charge in [0.05, 0.1) is 7.11 Å². The Hall–Kier alpha value is -1.29. The number of ether oxygens (including phenoxy) is 1. The van der Waals surface area contributed by atoms with E-state index in [0.717, 1.165) is 31.4 Å². The SMILES string of the molecule is CNCCC1CCN(c2cccc(OC)n2)CC1. The van der Waals surface area contributed by atoms with Crippen LogP contribution in [0.5, 0.6) is 5.88 Å². The maximum absolute atomic E-state index is 5.17.